The number of hydrogen-bond acceptors (Lipinski definition) is 3. The first-order valence-corrected chi connectivity index (χ1v) is 13.9. The number of carbonyl (C=O) groups is 1. The summed E-state index contributed by atoms with van der Waals surface area (Å²) in [6.07, 6.45) is 1.86. The molecule has 5 rings (SSSR count). The molecular weight excluding hydrogens is 489 g/mol. The van der Waals surface area contributed by atoms with Crippen LogP contribution < -0.4 is 10.5 Å². The number of nitrogens with one attached hydrogen (secondary N) is 2. The lowest BCUT2D eigenvalue weighted by atomic mass is 9.63. The highest BCUT2D eigenvalue weighted by Crippen LogP contribution is 2.47. The molecule has 4 N–H and O–H groups in total. The van der Waals surface area contributed by atoms with Crippen LogP contribution in [0.15, 0.2) is 83.8 Å². The second-order valence-electron chi connectivity index (χ2n) is 9.99. The van der Waals surface area contributed by atoms with Gasteiger partial charge in [0, 0.05) is 22.6 Å². The van der Waals surface area contributed by atoms with Crippen LogP contribution in [0.3, 0.4) is 0 Å². The van der Waals surface area contributed by atoms with Crippen molar-refractivity contribution in [3.8, 4) is 11.3 Å². The van der Waals surface area contributed by atoms with Crippen LogP contribution in [0.2, 0.25) is 0 Å². The summed E-state index contributed by atoms with van der Waals surface area (Å²) in [6.45, 7) is 1.93. The molecule has 1 aliphatic carbocycles. The van der Waals surface area contributed by atoms with Gasteiger partial charge in [0.05, 0.1) is 10.3 Å². The number of halogens is 1. The summed E-state index contributed by atoms with van der Waals surface area (Å²) in [7, 11) is -3.77. The number of hydrogen-bond donors (Lipinski definition) is 3. The molecule has 1 amide bonds. The number of amides is 1. The molecule has 3 aromatic carbocycles. The van der Waals surface area contributed by atoms with Gasteiger partial charge < -0.3 is 10.7 Å². The molecule has 1 heterocycles. The van der Waals surface area contributed by atoms with Crippen molar-refractivity contribution in [2.75, 3.05) is 0 Å². The topological polar surface area (TPSA) is 105 Å². The predicted molar refractivity (Wildman–Crippen MR) is 143 cm³/mol. The molecule has 8 heteroatoms. The van der Waals surface area contributed by atoms with E-state index in [2.05, 4.69) is 9.71 Å². The fraction of sp³-hybridized carbons (Fsp3) is 0.276. The first kappa shape index (κ1) is 25.2. The minimum Gasteiger partial charge on any atom is -0.369 e. The molecule has 1 fully saturated rings. The van der Waals surface area contributed by atoms with Crippen molar-refractivity contribution in [2.24, 2.45) is 11.1 Å². The van der Waals surface area contributed by atoms with Gasteiger partial charge >= 0.3 is 0 Å². The van der Waals surface area contributed by atoms with Crippen molar-refractivity contribution < 1.29 is 17.6 Å². The molecule has 1 atom stereocenters. The summed E-state index contributed by atoms with van der Waals surface area (Å²) in [5, 5.41) is 0.927. The number of carbonyl (C=O) groups excluding carboxylic acids is 1. The van der Waals surface area contributed by atoms with Crippen LogP contribution in [-0.2, 0) is 14.8 Å². The van der Waals surface area contributed by atoms with Crippen molar-refractivity contribution in [2.45, 2.75) is 49.5 Å². The average molecular weight is 520 g/mol. The first-order chi connectivity index (χ1) is 17.7. The molecule has 4 aromatic rings. The summed E-state index contributed by atoms with van der Waals surface area (Å²) >= 11 is 0. The molecule has 0 spiro atoms. The van der Waals surface area contributed by atoms with Crippen molar-refractivity contribution in [3.63, 3.8) is 0 Å². The van der Waals surface area contributed by atoms with E-state index in [-0.39, 0.29) is 22.7 Å². The van der Waals surface area contributed by atoms with Gasteiger partial charge in [0.1, 0.15) is 5.82 Å². The third-order valence-electron chi connectivity index (χ3n) is 7.88. The monoisotopic (exact) mass is 519 g/mol. The maximum Gasteiger partial charge on any atom is 0.240 e. The van der Waals surface area contributed by atoms with Crippen molar-refractivity contribution in [1.29, 1.82) is 0 Å². The zero-order chi connectivity index (χ0) is 26.2. The zero-order valence-corrected chi connectivity index (χ0v) is 21.4. The molecule has 1 aliphatic rings. The Hall–Kier alpha value is -3.49. The Morgan fingerprint density at radius 2 is 1.70 bits per heavy atom. The number of sulfonamides is 1. The van der Waals surface area contributed by atoms with Crippen LogP contribution in [-0.4, -0.2) is 25.4 Å². The number of aromatic amines is 1. The molecule has 1 saturated carbocycles. The normalized spacial score (nSPS) is 21.1. The van der Waals surface area contributed by atoms with E-state index in [9.17, 15) is 17.6 Å². The second-order valence-corrected chi connectivity index (χ2v) is 11.7. The van der Waals surface area contributed by atoms with E-state index < -0.39 is 21.3 Å². The summed E-state index contributed by atoms with van der Waals surface area (Å²) < 4.78 is 42.7. The first-order valence-electron chi connectivity index (χ1n) is 12.4. The summed E-state index contributed by atoms with van der Waals surface area (Å²) in [4.78, 5) is 16.1. The Morgan fingerprint density at radius 1 is 1.03 bits per heavy atom. The Labute approximate surface area is 216 Å². The molecule has 0 radical (unpaired) electrons. The van der Waals surface area contributed by atoms with E-state index in [1.54, 1.807) is 30.3 Å². The average Bonchev–Trinajstić information content (AvgIpc) is 3.33. The summed E-state index contributed by atoms with van der Waals surface area (Å²) in [5.74, 6) is -0.953. The van der Waals surface area contributed by atoms with Crippen LogP contribution in [0, 0.1) is 11.2 Å². The van der Waals surface area contributed by atoms with Gasteiger partial charge in [0.15, 0.2) is 0 Å². The maximum absolute atomic E-state index is 13.4. The number of primary amides is 1. The van der Waals surface area contributed by atoms with Gasteiger partial charge in [-0.05, 0) is 73.1 Å². The summed E-state index contributed by atoms with van der Waals surface area (Å²) in [5.41, 5.74) is 8.59. The highest BCUT2D eigenvalue weighted by atomic mass is 32.2. The lowest BCUT2D eigenvalue weighted by Crippen LogP contribution is -2.48. The maximum atomic E-state index is 13.4. The molecule has 1 aromatic heterocycles. The lowest BCUT2D eigenvalue weighted by Gasteiger charge is -2.42. The van der Waals surface area contributed by atoms with Gasteiger partial charge in [-0.1, -0.05) is 55.5 Å². The van der Waals surface area contributed by atoms with Gasteiger partial charge in [0.25, 0.3) is 0 Å². The van der Waals surface area contributed by atoms with Crippen LogP contribution >= 0.6 is 0 Å². The number of rotatable bonds is 7. The quantitative estimate of drug-likeness (QED) is 0.301. The van der Waals surface area contributed by atoms with Crippen LogP contribution in [0.1, 0.15) is 44.1 Å². The number of fused-ring (bicyclic) bond motifs is 1. The predicted octanol–water partition coefficient (Wildman–Crippen LogP) is 5.47. The van der Waals surface area contributed by atoms with E-state index in [1.807, 2.05) is 43.3 Å². The highest BCUT2D eigenvalue weighted by molar-refractivity contribution is 7.89. The molecule has 0 saturated heterocycles. The van der Waals surface area contributed by atoms with Crippen LogP contribution in [0.4, 0.5) is 4.39 Å². The molecule has 192 valence electrons. The van der Waals surface area contributed by atoms with Gasteiger partial charge in [-0.15, -0.1) is 0 Å². The Balaban J connectivity index is 1.31. The number of benzene rings is 3. The van der Waals surface area contributed by atoms with Gasteiger partial charge in [-0.3, -0.25) is 4.79 Å². The molecule has 37 heavy (non-hydrogen) atoms. The number of nitrogens with two attached hydrogens (primary N) is 1. The second kappa shape index (κ2) is 9.76. The van der Waals surface area contributed by atoms with Crippen molar-refractivity contribution >= 4 is 26.8 Å². The van der Waals surface area contributed by atoms with E-state index >= 15 is 0 Å². The van der Waals surface area contributed by atoms with E-state index in [1.165, 1.54) is 12.1 Å². The molecular formula is C29H30FN3O3S. The largest absolute Gasteiger partial charge is 0.369 e. The Bertz CT molecular complexity index is 1520. The summed E-state index contributed by atoms with van der Waals surface area (Å²) in [6, 6.07) is 22.7. The molecule has 0 bridgehead atoms. The minimum atomic E-state index is -3.77. The van der Waals surface area contributed by atoms with E-state index in [4.69, 9.17) is 5.73 Å². The van der Waals surface area contributed by atoms with E-state index in [0.29, 0.717) is 25.7 Å². The molecule has 0 unspecified atom stereocenters. The standard InChI is InChI=1S/C29H30FN3O3S/c1-19(20-7-10-23(30)11-8-20)29(28(31)34)15-13-24(14-16-29)33-37(35,36)25-12-9-22-17-26(32-27(22)18-25)21-5-3-2-4-6-21/h2-12,17-19,24,32-33H,13-16H2,1H3,(H2,31,34)/t19-,24?,29?/m1/s1. The third-order valence-corrected chi connectivity index (χ3v) is 9.40. The van der Waals surface area contributed by atoms with Crippen LogP contribution in [0.25, 0.3) is 22.2 Å². The van der Waals surface area contributed by atoms with Gasteiger partial charge in [-0.2, -0.15) is 0 Å². The van der Waals surface area contributed by atoms with Gasteiger partial charge in [0.2, 0.25) is 15.9 Å². The molecule has 6 nitrogen and oxygen atoms in total. The van der Waals surface area contributed by atoms with E-state index in [0.717, 1.165) is 27.7 Å². The minimum absolute atomic E-state index is 0.188. The lowest BCUT2D eigenvalue weighted by molar-refractivity contribution is -0.131. The SMILES string of the molecule is C[C@H](c1ccc(F)cc1)C1(C(N)=O)CCC(NS(=O)(=O)c2ccc3cc(-c4ccccc4)[nH]c3c2)CC1. The smallest absolute Gasteiger partial charge is 0.240 e. The Kier molecular flexibility index (Phi) is 6.64. The van der Waals surface area contributed by atoms with Crippen LogP contribution in [0.5, 0.6) is 0 Å². The third kappa shape index (κ3) is 4.91. The zero-order valence-electron chi connectivity index (χ0n) is 20.6. The number of H-pyrrole nitrogens is 1. The van der Waals surface area contributed by atoms with Crippen molar-refractivity contribution in [1.82, 2.24) is 9.71 Å². The Morgan fingerprint density at radius 3 is 2.35 bits per heavy atom. The fourth-order valence-corrected chi connectivity index (χ4v) is 6.88. The van der Waals surface area contributed by atoms with Gasteiger partial charge in [-0.25, -0.2) is 17.5 Å². The highest BCUT2D eigenvalue weighted by Gasteiger charge is 2.45. The molecule has 0 aliphatic heterocycles. The fourth-order valence-electron chi connectivity index (χ4n) is 5.55. The number of aromatic nitrogens is 1. The van der Waals surface area contributed by atoms with Crippen molar-refractivity contribution in [3.05, 3.63) is 90.2 Å².